The first-order valence-electron chi connectivity index (χ1n) is 4.81. The highest BCUT2D eigenvalue weighted by molar-refractivity contribution is 6.32. The van der Waals surface area contributed by atoms with E-state index in [0.717, 1.165) is 5.56 Å². The monoisotopic (exact) mass is 234 g/mol. The standard InChI is InChI=1S/C12H11ClN2O/c1-8-2-4-10(13)11(6-8)16-9-3-5-12(14)15-7-9/h2-7H,1H3,(H2,14,15). The molecule has 0 radical (unpaired) electrons. The van der Waals surface area contributed by atoms with E-state index >= 15 is 0 Å². The molecule has 3 nitrogen and oxygen atoms in total. The maximum atomic E-state index is 6.01. The molecule has 0 aliphatic rings. The van der Waals surface area contributed by atoms with Crippen LogP contribution in [0.4, 0.5) is 5.82 Å². The first-order chi connectivity index (χ1) is 7.65. The second-order valence-corrected chi connectivity index (χ2v) is 3.86. The third kappa shape index (κ3) is 2.44. The summed E-state index contributed by atoms with van der Waals surface area (Å²) in [5, 5.41) is 0.572. The Labute approximate surface area is 98.8 Å². The fraction of sp³-hybridized carbons (Fsp3) is 0.0833. The Hall–Kier alpha value is -1.74. The SMILES string of the molecule is Cc1ccc(Cl)c(Oc2ccc(N)nc2)c1. The smallest absolute Gasteiger partial charge is 0.146 e. The molecule has 0 aliphatic heterocycles. The molecule has 16 heavy (non-hydrogen) atoms. The van der Waals surface area contributed by atoms with Crippen molar-refractivity contribution >= 4 is 17.4 Å². The summed E-state index contributed by atoms with van der Waals surface area (Å²) in [6, 6.07) is 9.03. The normalized spacial score (nSPS) is 10.1. The summed E-state index contributed by atoms with van der Waals surface area (Å²) >= 11 is 6.01. The molecule has 2 rings (SSSR count). The molecule has 1 heterocycles. The molecule has 2 aromatic rings. The van der Waals surface area contributed by atoms with Crippen LogP contribution in [-0.4, -0.2) is 4.98 Å². The molecule has 4 heteroatoms. The van der Waals surface area contributed by atoms with Crippen LogP contribution < -0.4 is 10.5 Å². The molecule has 0 unspecified atom stereocenters. The summed E-state index contributed by atoms with van der Waals surface area (Å²) < 4.78 is 5.59. The van der Waals surface area contributed by atoms with Crippen LogP contribution in [0.15, 0.2) is 36.5 Å². The van der Waals surface area contributed by atoms with Gasteiger partial charge in [0.05, 0.1) is 11.2 Å². The van der Waals surface area contributed by atoms with Crippen molar-refractivity contribution in [3.05, 3.63) is 47.1 Å². The molecule has 0 saturated heterocycles. The molecule has 1 aromatic carbocycles. The zero-order valence-electron chi connectivity index (χ0n) is 8.77. The first-order valence-corrected chi connectivity index (χ1v) is 5.18. The lowest BCUT2D eigenvalue weighted by Gasteiger charge is -2.07. The Morgan fingerprint density at radius 3 is 2.75 bits per heavy atom. The van der Waals surface area contributed by atoms with Gasteiger partial charge in [-0.05, 0) is 36.8 Å². The Morgan fingerprint density at radius 1 is 1.25 bits per heavy atom. The second-order valence-electron chi connectivity index (χ2n) is 3.45. The number of ether oxygens (including phenoxy) is 1. The van der Waals surface area contributed by atoms with E-state index in [-0.39, 0.29) is 0 Å². The second kappa shape index (κ2) is 4.41. The molecule has 0 fully saturated rings. The quantitative estimate of drug-likeness (QED) is 0.866. The number of rotatable bonds is 2. The molecule has 0 bridgehead atoms. The van der Waals surface area contributed by atoms with E-state index < -0.39 is 0 Å². The van der Waals surface area contributed by atoms with Gasteiger partial charge in [0.1, 0.15) is 17.3 Å². The fourth-order valence-electron chi connectivity index (χ4n) is 1.27. The molecular weight excluding hydrogens is 224 g/mol. The zero-order valence-corrected chi connectivity index (χ0v) is 9.53. The van der Waals surface area contributed by atoms with Gasteiger partial charge in [0.15, 0.2) is 0 Å². The minimum absolute atomic E-state index is 0.461. The van der Waals surface area contributed by atoms with Crippen LogP contribution >= 0.6 is 11.6 Å². The van der Waals surface area contributed by atoms with E-state index in [9.17, 15) is 0 Å². The highest BCUT2D eigenvalue weighted by Crippen LogP contribution is 2.29. The van der Waals surface area contributed by atoms with Gasteiger partial charge < -0.3 is 10.5 Å². The lowest BCUT2D eigenvalue weighted by molar-refractivity contribution is 0.480. The van der Waals surface area contributed by atoms with Crippen LogP contribution in [0.2, 0.25) is 5.02 Å². The van der Waals surface area contributed by atoms with Gasteiger partial charge in [-0.1, -0.05) is 17.7 Å². The number of nitrogens with zero attached hydrogens (tertiary/aromatic N) is 1. The van der Waals surface area contributed by atoms with Gasteiger partial charge >= 0.3 is 0 Å². The van der Waals surface area contributed by atoms with Crippen molar-refractivity contribution in [2.75, 3.05) is 5.73 Å². The summed E-state index contributed by atoms with van der Waals surface area (Å²) in [5.74, 6) is 1.69. The summed E-state index contributed by atoms with van der Waals surface area (Å²) in [5.41, 5.74) is 6.57. The Kier molecular flexibility index (Phi) is 2.97. The summed E-state index contributed by atoms with van der Waals surface area (Å²) in [6.07, 6.45) is 1.56. The van der Waals surface area contributed by atoms with E-state index in [1.165, 1.54) is 0 Å². The number of nitrogen functional groups attached to an aromatic ring is 1. The third-order valence-corrected chi connectivity index (χ3v) is 2.39. The summed E-state index contributed by atoms with van der Waals surface area (Å²) in [4.78, 5) is 3.94. The topological polar surface area (TPSA) is 48.1 Å². The predicted octanol–water partition coefficient (Wildman–Crippen LogP) is 3.42. The van der Waals surface area contributed by atoms with E-state index in [1.54, 1.807) is 24.4 Å². The van der Waals surface area contributed by atoms with Crippen LogP contribution in [-0.2, 0) is 0 Å². The van der Waals surface area contributed by atoms with Crippen molar-refractivity contribution in [3.8, 4) is 11.5 Å². The average molecular weight is 235 g/mol. The third-order valence-electron chi connectivity index (χ3n) is 2.07. The lowest BCUT2D eigenvalue weighted by Crippen LogP contribution is -1.91. The average Bonchev–Trinajstić information content (AvgIpc) is 2.27. The van der Waals surface area contributed by atoms with Gasteiger partial charge in [-0.15, -0.1) is 0 Å². The van der Waals surface area contributed by atoms with Crippen LogP contribution in [0.3, 0.4) is 0 Å². The molecule has 0 aliphatic carbocycles. The fourth-order valence-corrected chi connectivity index (χ4v) is 1.42. The van der Waals surface area contributed by atoms with E-state index in [1.807, 2.05) is 19.1 Å². The van der Waals surface area contributed by atoms with Gasteiger partial charge in [-0.2, -0.15) is 0 Å². The van der Waals surface area contributed by atoms with Gasteiger partial charge in [-0.25, -0.2) is 4.98 Å². The number of aryl methyl sites for hydroxylation is 1. The van der Waals surface area contributed by atoms with Gasteiger partial charge in [-0.3, -0.25) is 0 Å². The van der Waals surface area contributed by atoms with Crippen molar-refractivity contribution in [2.24, 2.45) is 0 Å². The van der Waals surface area contributed by atoms with Crippen LogP contribution in [0.5, 0.6) is 11.5 Å². The molecule has 0 saturated carbocycles. The van der Waals surface area contributed by atoms with Crippen molar-refractivity contribution in [3.63, 3.8) is 0 Å². The molecular formula is C12H11ClN2O. The van der Waals surface area contributed by atoms with Gasteiger partial charge in [0.25, 0.3) is 0 Å². The minimum atomic E-state index is 0.461. The largest absolute Gasteiger partial charge is 0.454 e. The zero-order chi connectivity index (χ0) is 11.5. The molecule has 2 N–H and O–H groups in total. The van der Waals surface area contributed by atoms with E-state index in [4.69, 9.17) is 22.1 Å². The van der Waals surface area contributed by atoms with E-state index in [2.05, 4.69) is 4.98 Å². The van der Waals surface area contributed by atoms with E-state index in [0.29, 0.717) is 22.3 Å². The Morgan fingerprint density at radius 2 is 2.06 bits per heavy atom. The summed E-state index contributed by atoms with van der Waals surface area (Å²) in [7, 11) is 0. The molecule has 0 spiro atoms. The van der Waals surface area contributed by atoms with Crippen molar-refractivity contribution in [2.45, 2.75) is 6.92 Å². The number of anilines is 1. The van der Waals surface area contributed by atoms with Gasteiger partial charge in [0, 0.05) is 0 Å². The number of pyridine rings is 1. The predicted molar refractivity (Wildman–Crippen MR) is 64.9 cm³/mol. The van der Waals surface area contributed by atoms with Crippen LogP contribution in [0.25, 0.3) is 0 Å². The molecule has 1 aromatic heterocycles. The molecule has 0 amide bonds. The maximum absolute atomic E-state index is 6.01. The molecule has 0 atom stereocenters. The van der Waals surface area contributed by atoms with Crippen LogP contribution in [0, 0.1) is 6.92 Å². The first kappa shape index (κ1) is 10.8. The maximum Gasteiger partial charge on any atom is 0.146 e. The number of hydrogen-bond acceptors (Lipinski definition) is 3. The Bertz CT molecular complexity index is 497. The lowest BCUT2D eigenvalue weighted by atomic mass is 10.2. The number of halogens is 1. The number of nitrogens with two attached hydrogens (primary N) is 1. The highest BCUT2D eigenvalue weighted by Gasteiger charge is 2.03. The van der Waals surface area contributed by atoms with Crippen molar-refractivity contribution in [1.82, 2.24) is 4.98 Å². The number of benzene rings is 1. The van der Waals surface area contributed by atoms with Crippen molar-refractivity contribution < 1.29 is 4.74 Å². The molecule has 82 valence electrons. The number of aromatic nitrogens is 1. The summed E-state index contributed by atoms with van der Waals surface area (Å²) in [6.45, 7) is 1.98. The number of hydrogen-bond donors (Lipinski definition) is 1. The van der Waals surface area contributed by atoms with Gasteiger partial charge in [0.2, 0.25) is 0 Å². The minimum Gasteiger partial charge on any atom is -0.454 e. The van der Waals surface area contributed by atoms with Crippen molar-refractivity contribution in [1.29, 1.82) is 0 Å². The Balaban J connectivity index is 2.26. The van der Waals surface area contributed by atoms with Crippen LogP contribution in [0.1, 0.15) is 5.56 Å². The highest BCUT2D eigenvalue weighted by atomic mass is 35.5.